The molecule has 0 aliphatic rings. The second kappa shape index (κ2) is 5.07. The van der Waals surface area contributed by atoms with Crippen LogP contribution in [0.25, 0.3) is 0 Å². The first-order chi connectivity index (χ1) is 6.76. The minimum absolute atomic E-state index is 0.287. The quantitative estimate of drug-likeness (QED) is 0.584. The van der Waals surface area contributed by atoms with Crippen LogP contribution in [0.15, 0.2) is 36.9 Å². The van der Waals surface area contributed by atoms with Gasteiger partial charge in [0.05, 0.1) is 0 Å². The lowest BCUT2D eigenvalue weighted by atomic mass is 10.2. The normalized spacial score (nSPS) is 9.21. The van der Waals surface area contributed by atoms with Gasteiger partial charge >= 0.3 is 5.97 Å². The first-order valence-corrected chi connectivity index (χ1v) is 4.32. The van der Waals surface area contributed by atoms with Gasteiger partial charge in [-0.1, -0.05) is 18.7 Å². The smallest absolute Gasteiger partial charge is 0.330 e. The number of carbonyl (C=O) groups excluding carboxylic acids is 1. The maximum atomic E-state index is 10.8. The Kier molecular flexibility index (Phi) is 3.73. The third kappa shape index (κ3) is 2.94. The molecule has 0 heterocycles. The molecule has 0 bridgehead atoms. The van der Waals surface area contributed by atoms with Crippen molar-refractivity contribution in [2.24, 2.45) is 0 Å². The Morgan fingerprint density at radius 1 is 1.50 bits per heavy atom. The number of hydrogen-bond acceptors (Lipinski definition) is 3. The monoisotopic (exact) mass is 191 g/mol. The molecule has 1 aromatic rings. The van der Waals surface area contributed by atoms with E-state index in [1.807, 2.05) is 31.3 Å². The van der Waals surface area contributed by atoms with Crippen molar-refractivity contribution in [2.75, 3.05) is 12.4 Å². The van der Waals surface area contributed by atoms with E-state index in [0.29, 0.717) is 0 Å². The van der Waals surface area contributed by atoms with Crippen LogP contribution in [-0.4, -0.2) is 13.0 Å². The summed E-state index contributed by atoms with van der Waals surface area (Å²) in [5, 5.41) is 3.01. The van der Waals surface area contributed by atoms with E-state index >= 15 is 0 Å². The van der Waals surface area contributed by atoms with Crippen molar-refractivity contribution in [3.8, 4) is 0 Å². The van der Waals surface area contributed by atoms with E-state index in [-0.39, 0.29) is 6.61 Å². The molecule has 0 atom stereocenters. The van der Waals surface area contributed by atoms with E-state index in [1.54, 1.807) is 0 Å². The summed E-state index contributed by atoms with van der Waals surface area (Å²) in [6, 6.07) is 7.67. The fraction of sp³-hybridized carbons (Fsp3) is 0.182. The average Bonchev–Trinajstić information content (AvgIpc) is 2.26. The van der Waals surface area contributed by atoms with Crippen molar-refractivity contribution >= 4 is 11.7 Å². The van der Waals surface area contributed by atoms with Gasteiger partial charge in [-0.2, -0.15) is 0 Å². The van der Waals surface area contributed by atoms with Crippen LogP contribution < -0.4 is 5.32 Å². The number of benzene rings is 1. The third-order valence-electron chi connectivity index (χ3n) is 1.79. The molecule has 0 aromatic heterocycles. The molecule has 0 saturated carbocycles. The molecule has 1 rings (SSSR count). The molecule has 1 N–H and O–H groups in total. The van der Waals surface area contributed by atoms with Gasteiger partial charge in [0.15, 0.2) is 0 Å². The van der Waals surface area contributed by atoms with Gasteiger partial charge in [0.25, 0.3) is 0 Å². The molecule has 74 valence electrons. The Hall–Kier alpha value is -1.77. The molecule has 14 heavy (non-hydrogen) atoms. The van der Waals surface area contributed by atoms with Crippen LogP contribution >= 0.6 is 0 Å². The third-order valence-corrected chi connectivity index (χ3v) is 1.79. The number of nitrogens with one attached hydrogen (secondary N) is 1. The van der Waals surface area contributed by atoms with E-state index < -0.39 is 5.97 Å². The van der Waals surface area contributed by atoms with Crippen LogP contribution in [0.2, 0.25) is 0 Å². The number of hydrogen-bond donors (Lipinski definition) is 1. The van der Waals surface area contributed by atoms with Gasteiger partial charge in [0.1, 0.15) is 6.61 Å². The first-order valence-electron chi connectivity index (χ1n) is 4.32. The summed E-state index contributed by atoms with van der Waals surface area (Å²) >= 11 is 0. The molecule has 0 aliphatic heterocycles. The Morgan fingerprint density at radius 2 is 2.14 bits per heavy atom. The zero-order valence-electron chi connectivity index (χ0n) is 8.12. The standard InChI is InChI=1S/C11H13NO2/c1-3-11(13)14-8-9-4-6-10(12-2)7-5-9/h3-7,12H,1,8H2,2H3. The second-order valence-electron chi connectivity index (χ2n) is 2.76. The van der Waals surface area contributed by atoms with Crippen molar-refractivity contribution in [3.05, 3.63) is 42.5 Å². The molecule has 0 aliphatic carbocycles. The molecule has 0 unspecified atom stereocenters. The number of carbonyl (C=O) groups is 1. The summed E-state index contributed by atoms with van der Waals surface area (Å²) in [6.45, 7) is 3.60. The lowest BCUT2D eigenvalue weighted by molar-refractivity contribution is -0.138. The molecular formula is C11H13NO2. The summed E-state index contributed by atoms with van der Waals surface area (Å²) in [5.74, 6) is -0.400. The van der Waals surface area contributed by atoms with Gasteiger partial charge in [0.2, 0.25) is 0 Å². The molecule has 3 nitrogen and oxygen atoms in total. The Balaban J connectivity index is 2.51. The predicted molar refractivity (Wildman–Crippen MR) is 56.0 cm³/mol. The highest BCUT2D eigenvalue weighted by atomic mass is 16.5. The SMILES string of the molecule is C=CC(=O)OCc1ccc(NC)cc1. The lowest BCUT2D eigenvalue weighted by Gasteiger charge is -2.03. The maximum absolute atomic E-state index is 10.8. The Bertz CT molecular complexity index is 317. The zero-order valence-corrected chi connectivity index (χ0v) is 8.12. The van der Waals surface area contributed by atoms with Crippen LogP contribution in [0, 0.1) is 0 Å². The van der Waals surface area contributed by atoms with Crippen molar-refractivity contribution in [3.63, 3.8) is 0 Å². The fourth-order valence-electron chi connectivity index (χ4n) is 0.981. The van der Waals surface area contributed by atoms with Gasteiger partial charge in [-0.25, -0.2) is 4.79 Å². The van der Waals surface area contributed by atoms with Crippen molar-refractivity contribution in [1.29, 1.82) is 0 Å². The van der Waals surface area contributed by atoms with E-state index in [0.717, 1.165) is 17.3 Å². The fourth-order valence-corrected chi connectivity index (χ4v) is 0.981. The van der Waals surface area contributed by atoms with E-state index in [9.17, 15) is 4.79 Å². The molecule has 0 amide bonds. The number of anilines is 1. The Morgan fingerprint density at radius 3 is 2.64 bits per heavy atom. The van der Waals surface area contributed by atoms with E-state index in [2.05, 4.69) is 11.9 Å². The average molecular weight is 191 g/mol. The van der Waals surface area contributed by atoms with Gasteiger partial charge in [-0.05, 0) is 17.7 Å². The van der Waals surface area contributed by atoms with E-state index in [4.69, 9.17) is 4.74 Å². The highest BCUT2D eigenvalue weighted by Crippen LogP contribution is 2.09. The summed E-state index contributed by atoms with van der Waals surface area (Å²) in [7, 11) is 1.85. The van der Waals surface area contributed by atoms with Crippen molar-refractivity contribution < 1.29 is 9.53 Å². The molecule has 3 heteroatoms. The zero-order chi connectivity index (χ0) is 10.4. The van der Waals surface area contributed by atoms with Crippen molar-refractivity contribution in [2.45, 2.75) is 6.61 Å². The largest absolute Gasteiger partial charge is 0.458 e. The van der Waals surface area contributed by atoms with Crippen LogP contribution in [0.5, 0.6) is 0 Å². The van der Waals surface area contributed by atoms with Gasteiger partial charge in [0, 0.05) is 18.8 Å². The van der Waals surface area contributed by atoms with Crippen LogP contribution in [0.1, 0.15) is 5.56 Å². The first kappa shape index (κ1) is 10.3. The molecule has 1 aromatic carbocycles. The molecule has 0 fully saturated rings. The highest BCUT2D eigenvalue weighted by Gasteiger charge is 1.97. The summed E-state index contributed by atoms with van der Waals surface area (Å²) in [4.78, 5) is 10.8. The minimum Gasteiger partial charge on any atom is -0.458 e. The van der Waals surface area contributed by atoms with Crippen LogP contribution in [-0.2, 0) is 16.1 Å². The molecule has 0 spiro atoms. The molecule has 0 saturated heterocycles. The van der Waals surface area contributed by atoms with E-state index in [1.165, 1.54) is 0 Å². The van der Waals surface area contributed by atoms with Crippen molar-refractivity contribution in [1.82, 2.24) is 0 Å². The van der Waals surface area contributed by atoms with Gasteiger partial charge in [-0.3, -0.25) is 0 Å². The molecule has 0 radical (unpaired) electrons. The lowest BCUT2D eigenvalue weighted by Crippen LogP contribution is -2.00. The number of esters is 1. The summed E-state index contributed by atoms with van der Waals surface area (Å²) in [6.07, 6.45) is 1.15. The summed E-state index contributed by atoms with van der Waals surface area (Å²) in [5.41, 5.74) is 1.99. The van der Waals surface area contributed by atoms with Gasteiger partial charge < -0.3 is 10.1 Å². The molecular weight excluding hydrogens is 178 g/mol. The number of ether oxygens (including phenoxy) is 1. The van der Waals surface area contributed by atoms with Crippen LogP contribution in [0.3, 0.4) is 0 Å². The topological polar surface area (TPSA) is 38.3 Å². The predicted octanol–water partition coefficient (Wildman–Crippen LogP) is 1.96. The Labute approximate surface area is 83.4 Å². The second-order valence-corrected chi connectivity index (χ2v) is 2.76. The van der Waals surface area contributed by atoms with Crippen LogP contribution in [0.4, 0.5) is 5.69 Å². The maximum Gasteiger partial charge on any atom is 0.330 e. The highest BCUT2D eigenvalue weighted by molar-refractivity contribution is 5.81. The minimum atomic E-state index is -0.400. The number of rotatable bonds is 4. The van der Waals surface area contributed by atoms with Gasteiger partial charge in [-0.15, -0.1) is 0 Å². The summed E-state index contributed by atoms with van der Waals surface area (Å²) < 4.78 is 4.87.